The van der Waals surface area contributed by atoms with Gasteiger partial charge in [-0.05, 0) is 0 Å². The first-order chi connectivity index (χ1) is 8.54. The van der Waals surface area contributed by atoms with E-state index in [2.05, 4.69) is 0 Å². The number of methoxy groups -OCH3 is 3. The number of hydrogen-bond acceptors (Lipinski definition) is 7. The molecular formula is C11H20O7. The van der Waals surface area contributed by atoms with Crippen molar-refractivity contribution in [2.45, 2.75) is 37.6 Å². The lowest BCUT2D eigenvalue weighted by molar-refractivity contribution is -0.300. The Morgan fingerprint density at radius 2 is 1.67 bits per heavy atom. The highest BCUT2D eigenvalue weighted by Gasteiger charge is 2.46. The zero-order chi connectivity index (χ0) is 13.7. The summed E-state index contributed by atoms with van der Waals surface area (Å²) in [5.41, 5.74) is 0. The Labute approximate surface area is 106 Å². The van der Waals surface area contributed by atoms with E-state index in [1.54, 1.807) is 0 Å². The van der Waals surface area contributed by atoms with Crippen LogP contribution in [-0.2, 0) is 28.5 Å². The average Bonchev–Trinajstić information content (AvgIpc) is 2.34. The molecule has 1 heterocycles. The van der Waals surface area contributed by atoms with Crippen LogP contribution in [-0.4, -0.2) is 69.7 Å². The normalized spacial score (nSPS) is 36.4. The van der Waals surface area contributed by atoms with Crippen LogP contribution in [0.1, 0.15) is 6.92 Å². The van der Waals surface area contributed by atoms with Crippen LogP contribution in [0.5, 0.6) is 0 Å². The van der Waals surface area contributed by atoms with Gasteiger partial charge in [-0.15, -0.1) is 0 Å². The predicted octanol–water partition coefficient (Wildman–Crippen LogP) is -0.688. The summed E-state index contributed by atoms with van der Waals surface area (Å²) in [5, 5.41) is 9.80. The summed E-state index contributed by atoms with van der Waals surface area (Å²) >= 11 is 0. The van der Waals surface area contributed by atoms with Crippen molar-refractivity contribution < 1.29 is 33.6 Å². The first kappa shape index (κ1) is 15.3. The van der Waals surface area contributed by atoms with E-state index in [0.29, 0.717) is 0 Å². The van der Waals surface area contributed by atoms with Gasteiger partial charge >= 0.3 is 5.97 Å². The first-order valence-corrected chi connectivity index (χ1v) is 5.60. The number of rotatable bonds is 5. The fourth-order valence-corrected chi connectivity index (χ4v) is 2.03. The highest BCUT2D eigenvalue weighted by atomic mass is 16.7. The summed E-state index contributed by atoms with van der Waals surface area (Å²) in [4.78, 5) is 10.8. The summed E-state index contributed by atoms with van der Waals surface area (Å²) in [6.45, 7) is 1.29. The van der Waals surface area contributed by atoms with E-state index in [1.165, 1.54) is 28.3 Å². The van der Waals surface area contributed by atoms with Crippen molar-refractivity contribution in [3.8, 4) is 0 Å². The van der Waals surface area contributed by atoms with Gasteiger partial charge in [-0.2, -0.15) is 0 Å². The third kappa shape index (κ3) is 3.39. The van der Waals surface area contributed by atoms with Gasteiger partial charge in [0.1, 0.15) is 31.0 Å². The zero-order valence-corrected chi connectivity index (χ0v) is 11.0. The lowest BCUT2D eigenvalue weighted by atomic mass is 9.98. The van der Waals surface area contributed by atoms with Crippen LogP contribution in [0.2, 0.25) is 0 Å². The minimum atomic E-state index is -1.16. The number of carbonyl (C=O) groups excluding carboxylic acids is 1. The van der Waals surface area contributed by atoms with Crippen molar-refractivity contribution >= 4 is 5.97 Å². The van der Waals surface area contributed by atoms with E-state index in [9.17, 15) is 9.90 Å². The number of esters is 1. The maximum atomic E-state index is 10.8. The summed E-state index contributed by atoms with van der Waals surface area (Å²) in [6.07, 6.45) is -3.43. The van der Waals surface area contributed by atoms with Crippen LogP contribution in [0.15, 0.2) is 0 Å². The average molecular weight is 264 g/mol. The Hall–Kier alpha value is -0.730. The van der Waals surface area contributed by atoms with E-state index >= 15 is 0 Å². The Morgan fingerprint density at radius 1 is 1.11 bits per heavy atom. The Bertz CT molecular complexity index is 270. The lowest BCUT2D eigenvalue weighted by Crippen LogP contribution is -2.60. The van der Waals surface area contributed by atoms with Crippen LogP contribution < -0.4 is 0 Å². The molecule has 1 rings (SSSR count). The van der Waals surface area contributed by atoms with Crippen LogP contribution >= 0.6 is 0 Å². The molecule has 106 valence electrons. The Balaban J connectivity index is 2.76. The molecule has 1 fully saturated rings. The molecule has 0 amide bonds. The summed E-state index contributed by atoms with van der Waals surface area (Å²) in [5.74, 6) is -0.425. The molecule has 1 saturated heterocycles. The molecule has 0 bridgehead atoms. The van der Waals surface area contributed by atoms with Gasteiger partial charge in [-0.3, -0.25) is 4.79 Å². The van der Waals surface area contributed by atoms with Gasteiger partial charge in [-0.25, -0.2) is 0 Å². The topological polar surface area (TPSA) is 83.5 Å². The molecule has 0 spiro atoms. The second-order valence-corrected chi connectivity index (χ2v) is 3.97. The monoisotopic (exact) mass is 264 g/mol. The van der Waals surface area contributed by atoms with E-state index in [4.69, 9.17) is 23.7 Å². The molecule has 5 atom stereocenters. The maximum Gasteiger partial charge on any atom is 0.302 e. The largest absolute Gasteiger partial charge is 0.463 e. The van der Waals surface area contributed by atoms with E-state index in [0.717, 1.165) is 0 Å². The number of aliphatic hydroxyl groups excluding tert-OH is 1. The lowest BCUT2D eigenvalue weighted by Gasteiger charge is -2.42. The van der Waals surface area contributed by atoms with E-state index in [1.807, 2.05) is 0 Å². The summed E-state index contributed by atoms with van der Waals surface area (Å²) < 4.78 is 25.9. The molecule has 0 unspecified atom stereocenters. The Morgan fingerprint density at radius 3 is 2.11 bits per heavy atom. The molecule has 1 aliphatic heterocycles. The summed E-state index contributed by atoms with van der Waals surface area (Å²) in [6, 6.07) is 0. The smallest absolute Gasteiger partial charge is 0.302 e. The van der Waals surface area contributed by atoms with Gasteiger partial charge < -0.3 is 28.8 Å². The fraction of sp³-hybridized carbons (Fsp3) is 0.909. The second kappa shape index (κ2) is 7.01. The quantitative estimate of drug-likeness (QED) is 0.658. The van der Waals surface area contributed by atoms with Gasteiger partial charge in [-0.1, -0.05) is 0 Å². The minimum absolute atomic E-state index is 0.0127. The SMILES string of the molecule is CO[C@@H]1[C@@H](OC)[C@H](O)O[C@H](COC(C)=O)[C@@H]1OC. The van der Waals surface area contributed by atoms with Crippen molar-refractivity contribution in [1.82, 2.24) is 0 Å². The van der Waals surface area contributed by atoms with Crippen LogP contribution in [0, 0.1) is 0 Å². The van der Waals surface area contributed by atoms with Crippen molar-refractivity contribution in [3.05, 3.63) is 0 Å². The Kier molecular flexibility index (Phi) is 5.97. The number of hydrogen-bond donors (Lipinski definition) is 1. The van der Waals surface area contributed by atoms with Crippen molar-refractivity contribution in [1.29, 1.82) is 0 Å². The number of carbonyl (C=O) groups is 1. The standard InChI is InChI=1S/C11H20O7/c1-6(12)17-5-7-8(14-2)9(15-3)10(16-4)11(13)18-7/h7-11,13H,5H2,1-4H3/t7-,8+,9+,10-,11-/m1/s1. The molecule has 0 radical (unpaired) electrons. The van der Waals surface area contributed by atoms with Crippen molar-refractivity contribution in [3.63, 3.8) is 0 Å². The van der Waals surface area contributed by atoms with Crippen LogP contribution in [0.3, 0.4) is 0 Å². The molecule has 1 N–H and O–H groups in total. The van der Waals surface area contributed by atoms with Gasteiger partial charge in [0.25, 0.3) is 0 Å². The van der Waals surface area contributed by atoms with Crippen LogP contribution in [0.25, 0.3) is 0 Å². The van der Waals surface area contributed by atoms with Crippen LogP contribution in [0.4, 0.5) is 0 Å². The molecule has 0 aliphatic carbocycles. The van der Waals surface area contributed by atoms with Gasteiger partial charge in [0, 0.05) is 28.3 Å². The molecule has 18 heavy (non-hydrogen) atoms. The summed E-state index contributed by atoms with van der Waals surface area (Å²) in [7, 11) is 4.43. The predicted molar refractivity (Wildman–Crippen MR) is 59.9 cm³/mol. The number of aliphatic hydroxyl groups is 1. The van der Waals surface area contributed by atoms with E-state index in [-0.39, 0.29) is 6.61 Å². The van der Waals surface area contributed by atoms with Gasteiger partial charge in [0.2, 0.25) is 0 Å². The fourth-order valence-electron chi connectivity index (χ4n) is 2.03. The zero-order valence-electron chi connectivity index (χ0n) is 11.0. The molecule has 0 saturated carbocycles. The third-order valence-electron chi connectivity index (χ3n) is 2.88. The van der Waals surface area contributed by atoms with Gasteiger partial charge in [0.15, 0.2) is 6.29 Å². The minimum Gasteiger partial charge on any atom is -0.463 e. The van der Waals surface area contributed by atoms with Crippen molar-refractivity contribution in [2.24, 2.45) is 0 Å². The maximum absolute atomic E-state index is 10.8. The molecule has 7 nitrogen and oxygen atoms in total. The molecule has 0 aromatic rings. The van der Waals surface area contributed by atoms with Crippen molar-refractivity contribution in [2.75, 3.05) is 27.9 Å². The molecular weight excluding hydrogens is 244 g/mol. The molecule has 0 aromatic carbocycles. The highest BCUT2D eigenvalue weighted by molar-refractivity contribution is 5.65. The third-order valence-corrected chi connectivity index (χ3v) is 2.88. The van der Waals surface area contributed by atoms with Gasteiger partial charge in [0.05, 0.1) is 0 Å². The number of ether oxygens (including phenoxy) is 5. The highest BCUT2D eigenvalue weighted by Crippen LogP contribution is 2.26. The molecule has 1 aliphatic rings. The molecule has 0 aromatic heterocycles. The second-order valence-electron chi connectivity index (χ2n) is 3.97. The first-order valence-electron chi connectivity index (χ1n) is 5.60. The molecule has 7 heteroatoms. The van der Waals surface area contributed by atoms with E-state index < -0.39 is 36.7 Å².